The normalized spacial score (nSPS) is 10.7. The third-order valence-electron chi connectivity index (χ3n) is 3.76. The summed E-state index contributed by atoms with van der Waals surface area (Å²) in [6.45, 7) is 0. The van der Waals surface area contributed by atoms with Crippen LogP contribution in [-0.4, -0.2) is 18.0 Å². The Bertz CT molecular complexity index is 955. The van der Waals surface area contributed by atoms with Crippen LogP contribution >= 0.6 is 11.6 Å². The van der Waals surface area contributed by atoms with E-state index in [1.54, 1.807) is 18.2 Å². The highest BCUT2D eigenvalue weighted by Gasteiger charge is 2.16. The lowest BCUT2D eigenvalue weighted by Crippen LogP contribution is -2.13. The highest BCUT2D eigenvalue weighted by Crippen LogP contribution is 2.28. The van der Waals surface area contributed by atoms with E-state index in [-0.39, 0.29) is 36.0 Å². The van der Waals surface area contributed by atoms with Gasteiger partial charge >= 0.3 is 0 Å². The number of nitrogens with one attached hydrogen (secondary N) is 1. The molecule has 1 N–H and O–H groups in total. The summed E-state index contributed by atoms with van der Waals surface area (Å²) in [5.74, 6) is -1.17. The fourth-order valence-corrected chi connectivity index (χ4v) is 2.66. The molecule has 0 spiro atoms. The van der Waals surface area contributed by atoms with Crippen molar-refractivity contribution in [2.24, 2.45) is 0 Å². The third-order valence-corrected chi connectivity index (χ3v) is 4.00. The second-order valence-electron chi connectivity index (χ2n) is 5.61. The number of hydrogen-bond acceptors (Lipinski definition) is 4. The van der Waals surface area contributed by atoms with E-state index in [2.05, 4.69) is 10.3 Å². The molecular formula is C19H15ClF2N2O3. The van der Waals surface area contributed by atoms with Gasteiger partial charge in [-0.15, -0.1) is 0 Å². The number of anilines is 1. The Morgan fingerprint density at radius 3 is 2.70 bits per heavy atom. The minimum atomic E-state index is -0.747. The minimum absolute atomic E-state index is 0.0301. The lowest BCUT2D eigenvalue weighted by Gasteiger charge is -2.10. The van der Waals surface area contributed by atoms with Gasteiger partial charge in [0.1, 0.15) is 17.4 Å². The molecule has 0 aliphatic heterocycles. The van der Waals surface area contributed by atoms with Gasteiger partial charge in [-0.25, -0.2) is 13.8 Å². The molecular weight excluding hydrogens is 378 g/mol. The van der Waals surface area contributed by atoms with Crippen molar-refractivity contribution in [2.45, 2.75) is 12.8 Å². The van der Waals surface area contributed by atoms with Crippen molar-refractivity contribution in [2.75, 3.05) is 12.4 Å². The summed E-state index contributed by atoms with van der Waals surface area (Å²) < 4.78 is 38.1. The molecule has 8 heteroatoms. The molecule has 0 atom stereocenters. The molecule has 1 amide bonds. The predicted octanol–water partition coefficient (Wildman–Crippen LogP) is 4.85. The minimum Gasteiger partial charge on any atom is -0.495 e. The van der Waals surface area contributed by atoms with Gasteiger partial charge in [0.15, 0.2) is 11.7 Å². The standard InChI is InChI=1S/C19H15ClF2N2O3/c1-26-15-6-5-11(20)9-14(15)24-17(25)7-8-18-23-10-16(27-18)19-12(21)3-2-4-13(19)22/h2-6,9-10H,7-8H2,1H3,(H,24,25). The van der Waals surface area contributed by atoms with E-state index in [1.165, 1.54) is 19.4 Å². The first-order chi connectivity index (χ1) is 13.0. The van der Waals surface area contributed by atoms with Crippen molar-refractivity contribution in [1.29, 1.82) is 0 Å². The van der Waals surface area contributed by atoms with Crippen LogP contribution < -0.4 is 10.1 Å². The van der Waals surface area contributed by atoms with E-state index < -0.39 is 11.6 Å². The lowest BCUT2D eigenvalue weighted by molar-refractivity contribution is -0.116. The molecule has 0 saturated heterocycles. The van der Waals surface area contributed by atoms with E-state index in [4.69, 9.17) is 20.8 Å². The fraction of sp³-hybridized carbons (Fsp3) is 0.158. The molecule has 3 aromatic rings. The number of aromatic nitrogens is 1. The van der Waals surface area contributed by atoms with Crippen LogP contribution in [-0.2, 0) is 11.2 Å². The molecule has 140 valence electrons. The monoisotopic (exact) mass is 392 g/mol. The zero-order valence-electron chi connectivity index (χ0n) is 14.3. The first-order valence-electron chi connectivity index (χ1n) is 8.00. The maximum atomic E-state index is 13.8. The number of hydrogen-bond donors (Lipinski definition) is 1. The number of rotatable bonds is 6. The summed E-state index contributed by atoms with van der Waals surface area (Å²) in [6.07, 6.45) is 1.44. The largest absolute Gasteiger partial charge is 0.495 e. The van der Waals surface area contributed by atoms with Gasteiger partial charge < -0.3 is 14.5 Å². The summed E-state index contributed by atoms with van der Waals surface area (Å²) >= 11 is 5.92. The summed E-state index contributed by atoms with van der Waals surface area (Å²) in [4.78, 5) is 16.1. The number of nitrogens with zero attached hydrogens (tertiary/aromatic N) is 1. The number of ether oxygens (including phenoxy) is 1. The van der Waals surface area contributed by atoms with Crippen molar-refractivity contribution in [3.63, 3.8) is 0 Å². The Kier molecular flexibility index (Phi) is 5.71. The van der Waals surface area contributed by atoms with Gasteiger partial charge in [0.25, 0.3) is 0 Å². The molecule has 3 rings (SSSR count). The summed E-state index contributed by atoms with van der Waals surface area (Å²) in [7, 11) is 1.48. The number of methoxy groups -OCH3 is 1. The molecule has 2 aromatic carbocycles. The Labute approximate surface area is 158 Å². The van der Waals surface area contributed by atoms with Gasteiger partial charge in [-0.3, -0.25) is 4.79 Å². The lowest BCUT2D eigenvalue weighted by atomic mass is 10.1. The molecule has 1 heterocycles. The maximum Gasteiger partial charge on any atom is 0.224 e. The molecule has 1 aromatic heterocycles. The van der Waals surface area contributed by atoms with Gasteiger partial charge in [-0.1, -0.05) is 17.7 Å². The first-order valence-corrected chi connectivity index (χ1v) is 8.38. The van der Waals surface area contributed by atoms with E-state index in [9.17, 15) is 13.6 Å². The van der Waals surface area contributed by atoms with E-state index in [0.717, 1.165) is 12.1 Å². The van der Waals surface area contributed by atoms with Gasteiger partial charge in [-0.05, 0) is 30.3 Å². The number of carbonyl (C=O) groups is 1. The average molecular weight is 393 g/mol. The fourth-order valence-electron chi connectivity index (χ4n) is 2.49. The summed E-state index contributed by atoms with van der Waals surface area (Å²) in [5, 5.41) is 3.15. The van der Waals surface area contributed by atoms with Gasteiger partial charge in [0, 0.05) is 17.9 Å². The van der Waals surface area contributed by atoms with Crippen LogP contribution in [0, 0.1) is 11.6 Å². The van der Waals surface area contributed by atoms with Crippen LogP contribution in [0.15, 0.2) is 47.0 Å². The van der Waals surface area contributed by atoms with Crippen molar-refractivity contribution in [3.05, 3.63) is 65.1 Å². The summed E-state index contributed by atoms with van der Waals surface area (Å²) in [5.41, 5.74) is 0.154. The zero-order chi connectivity index (χ0) is 19.4. The van der Waals surface area contributed by atoms with Crippen molar-refractivity contribution >= 4 is 23.2 Å². The number of amides is 1. The van der Waals surface area contributed by atoms with E-state index >= 15 is 0 Å². The Hall–Kier alpha value is -2.93. The number of halogens is 3. The third kappa shape index (κ3) is 4.43. The highest BCUT2D eigenvalue weighted by atomic mass is 35.5. The number of aryl methyl sites for hydroxylation is 1. The quantitative estimate of drug-likeness (QED) is 0.651. The number of benzene rings is 2. The van der Waals surface area contributed by atoms with Crippen LogP contribution in [0.4, 0.5) is 14.5 Å². The van der Waals surface area contributed by atoms with Gasteiger partial charge in [0.2, 0.25) is 5.91 Å². The first kappa shape index (κ1) is 18.8. The van der Waals surface area contributed by atoms with Crippen molar-refractivity contribution < 1.29 is 22.7 Å². The molecule has 0 radical (unpaired) electrons. The molecule has 0 fully saturated rings. The number of carbonyl (C=O) groups excluding carboxylic acids is 1. The second-order valence-corrected chi connectivity index (χ2v) is 6.04. The maximum absolute atomic E-state index is 13.8. The van der Waals surface area contributed by atoms with Crippen LogP contribution in [0.3, 0.4) is 0 Å². The smallest absolute Gasteiger partial charge is 0.224 e. The zero-order valence-corrected chi connectivity index (χ0v) is 15.0. The molecule has 27 heavy (non-hydrogen) atoms. The Morgan fingerprint density at radius 2 is 2.00 bits per heavy atom. The van der Waals surface area contributed by atoms with E-state index in [0.29, 0.717) is 16.5 Å². The SMILES string of the molecule is COc1ccc(Cl)cc1NC(=O)CCc1ncc(-c2c(F)cccc2F)o1. The van der Waals surface area contributed by atoms with E-state index in [1.807, 2.05) is 0 Å². The average Bonchev–Trinajstić information content (AvgIpc) is 3.09. The molecule has 0 aliphatic carbocycles. The van der Waals surface area contributed by atoms with Crippen LogP contribution in [0.2, 0.25) is 5.02 Å². The second kappa shape index (κ2) is 8.18. The van der Waals surface area contributed by atoms with Crippen LogP contribution in [0.1, 0.15) is 12.3 Å². The topological polar surface area (TPSA) is 64.4 Å². The van der Waals surface area contributed by atoms with Crippen LogP contribution in [0.25, 0.3) is 11.3 Å². The van der Waals surface area contributed by atoms with Crippen LogP contribution in [0.5, 0.6) is 5.75 Å². The highest BCUT2D eigenvalue weighted by molar-refractivity contribution is 6.31. The molecule has 0 aliphatic rings. The molecule has 0 unspecified atom stereocenters. The molecule has 5 nitrogen and oxygen atoms in total. The Balaban J connectivity index is 1.65. The number of oxazole rings is 1. The Morgan fingerprint density at radius 1 is 1.26 bits per heavy atom. The van der Waals surface area contributed by atoms with Crippen molar-refractivity contribution in [3.8, 4) is 17.1 Å². The molecule has 0 saturated carbocycles. The van der Waals surface area contributed by atoms with Crippen molar-refractivity contribution in [1.82, 2.24) is 4.98 Å². The van der Waals surface area contributed by atoms with Gasteiger partial charge in [-0.2, -0.15) is 0 Å². The van der Waals surface area contributed by atoms with Gasteiger partial charge in [0.05, 0.1) is 24.6 Å². The predicted molar refractivity (Wildman–Crippen MR) is 96.8 cm³/mol. The summed E-state index contributed by atoms with van der Waals surface area (Å²) in [6, 6.07) is 8.38. The molecule has 0 bridgehead atoms.